The number of rotatable bonds is 0. The Morgan fingerprint density at radius 3 is 1.75 bits per heavy atom. The molecule has 1 unspecified atom stereocenters. The van der Waals surface area contributed by atoms with Crippen molar-refractivity contribution < 1.29 is 19.0 Å². The molecule has 0 aliphatic carbocycles. The molecule has 4 heteroatoms. The second-order valence-electron chi connectivity index (χ2n) is 0.810. The van der Waals surface area contributed by atoms with Crippen molar-refractivity contribution in [3.8, 4) is 0 Å². The minimum absolute atomic E-state index is 0. The van der Waals surface area contributed by atoms with Crippen LogP contribution in [0.3, 0.4) is 0 Å². The summed E-state index contributed by atoms with van der Waals surface area (Å²) in [5.41, 5.74) is 0. The van der Waals surface area contributed by atoms with Gasteiger partial charge in [0.1, 0.15) is 6.29 Å². The Hall–Kier alpha value is -0.510. The molecule has 0 aliphatic rings. The normalized spacial score (nSPS) is 9.50. The van der Waals surface area contributed by atoms with Crippen LogP contribution >= 0.6 is 0 Å². The number of aliphatic hydroxyl groups excluding tert-OH is 1. The highest BCUT2D eigenvalue weighted by molar-refractivity contribution is 5.44. The molecule has 1 atom stereocenters. The van der Waals surface area contributed by atoms with Gasteiger partial charge in [0.25, 0.3) is 0 Å². The minimum atomic E-state index is -1.67. The van der Waals surface area contributed by atoms with Gasteiger partial charge < -0.3 is 9.90 Å². The maximum absolute atomic E-state index is 10.6. The highest BCUT2D eigenvalue weighted by Gasteiger charge is 1.75. The van der Waals surface area contributed by atoms with Gasteiger partial charge >= 0.3 is 0 Å². The maximum Gasteiger partial charge on any atom is 0.193 e. The molecule has 0 bridgehead atoms. The van der Waals surface area contributed by atoms with Gasteiger partial charge in [0.05, 0.1) is 0 Å². The van der Waals surface area contributed by atoms with Crippen molar-refractivity contribution in [2.75, 3.05) is 0 Å². The van der Waals surface area contributed by atoms with Crippen LogP contribution in [0.4, 0.5) is 9.09 Å². The molecule has 0 amide bonds. The largest absolute Gasteiger partial charge is 0.364 e. The number of carbonyl (C=O) groups is 1. The summed E-state index contributed by atoms with van der Waals surface area (Å²) >= 11 is 0. The van der Waals surface area contributed by atoms with Gasteiger partial charge in [-0.3, -0.25) is 4.70 Å². The molecule has 0 rings (SSSR count). The Morgan fingerprint density at radius 1 is 1.75 bits per heavy atom. The van der Waals surface area contributed by atoms with Gasteiger partial charge in [0.2, 0.25) is 0 Å². The molecule has 0 aromatic carbocycles. The second kappa shape index (κ2) is 16.1. The van der Waals surface area contributed by atoms with Gasteiger partial charge in [-0.2, -0.15) is 0 Å². The number of hydrogen-bond acceptors (Lipinski definition) is 2. The van der Waals surface area contributed by atoms with Crippen molar-refractivity contribution in [2.24, 2.45) is 0 Å². The van der Waals surface area contributed by atoms with E-state index in [1.54, 1.807) is 0 Å². The van der Waals surface area contributed by atoms with E-state index in [2.05, 4.69) is 0 Å². The topological polar surface area (TPSA) is 37.3 Å². The lowest BCUT2D eigenvalue weighted by molar-refractivity contribution is -0.106. The number of carbonyl (C=O) groups excluding carboxylic acids is 1. The molecule has 0 fully saturated rings. The van der Waals surface area contributed by atoms with Crippen LogP contribution in [0.25, 0.3) is 0 Å². The van der Waals surface area contributed by atoms with Crippen LogP contribution in [0.5, 0.6) is 0 Å². The predicted octanol–water partition coefficient (Wildman–Crippen LogP) is 0.652. The molecule has 0 saturated carbocycles. The molecule has 0 spiro atoms. The fourth-order valence-electron chi connectivity index (χ4n) is 0. The van der Waals surface area contributed by atoms with Gasteiger partial charge in [-0.25, -0.2) is 4.39 Å². The molecule has 8 heavy (non-hydrogen) atoms. The lowest BCUT2D eigenvalue weighted by atomic mass is 10.8. The van der Waals surface area contributed by atoms with Crippen molar-refractivity contribution in [1.29, 1.82) is 0 Å². The first-order valence-corrected chi connectivity index (χ1v) is 1.87. The number of alkyl halides is 1. The van der Waals surface area contributed by atoms with E-state index in [1.165, 1.54) is 6.92 Å². The van der Waals surface area contributed by atoms with Crippen LogP contribution in [0.15, 0.2) is 0 Å². The van der Waals surface area contributed by atoms with E-state index in [9.17, 15) is 4.39 Å². The minimum Gasteiger partial charge on any atom is -0.364 e. The lowest BCUT2D eigenvalue weighted by Crippen LogP contribution is -1.82. The van der Waals surface area contributed by atoms with E-state index in [4.69, 9.17) is 9.90 Å². The molecular formula is C4H10F2O2. The van der Waals surface area contributed by atoms with Crippen LogP contribution in [0.1, 0.15) is 13.8 Å². The van der Waals surface area contributed by atoms with Crippen LogP contribution in [0.2, 0.25) is 0 Å². The van der Waals surface area contributed by atoms with Crippen molar-refractivity contribution in [3.05, 3.63) is 0 Å². The number of aliphatic hydroxyl groups is 1. The Balaban J connectivity index is -0.0000000575. The predicted molar refractivity (Wildman–Crippen MR) is 27.0 cm³/mol. The summed E-state index contributed by atoms with van der Waals surface area (Å²) in [5.74, 6) is 0. The molecule has 2 nitrogen and oxygen atoms in total. The van der Waals surface area contributed by atoms with Crippen molar-refractivity contribution in [3.63, 3.8) is 0 Å². The first-order valence-electron chi connectivity index (χ1n) is 1.87. The Bertz CT molecular complexity index is 36.3. The Morgan fingerprint density at radius 2 is 1.75 bits per heavy atom. The summed E-state index contributed by atoms with van der Waals surface area (Å²) in [7, 11) is 0. The number of aldehydes is 1. The summed E-state index contributed by atoms with van der Waals surface area (Å²) in [6, 6.07) is 0. The summed E-state index contributed by atoms with van der Waals surface area (Å²) in [4.78, 5) is 8.81. The standard InChI is InChI=1S/C2H5FO.C2H4O.FH/c1-2(3)4;1-2-3;/h2,4H,1H3;2H,1H3;1H. The average molecular weight is 128 g/mol. The fourth-order valence-corrected chi connectivity index (χ4v) is 0. The zero-order valence-corrected chi connectivity index (χ0v) is 4.80. The molecule has 0 saturated heterocycles. The van der Waals surface area contributed by atoms with E-state index >= 15 is 0 Å². The zero-order valence-electron chi connectivity index (χ0n) is 4.80. The molecule has 0 aliphatic heterocycles. The van der Waals surface area contributed by atoms with Crippen LogP contribution in [-0.4, -0.2) is 17.8 Å². The third kappa shape index (κ3) is 426. The zero-order chi connectivity index (χ0) is 6.28. The molecule has 52 valence electrons. The smallest absolute Gasteiger partial charge is 0.193 e. The highest BCUT2D eigenvalue weighted by atomic mass is 19.1. The monoisotopic (exact) mass is 128 g/mol. The van der Waals surface area contributed by atoms with Gasteiger partial charge in [-0.15, -0.1) is 0 Å². The number of halogens is 2. The highest BCUT2D eigenvalue weighted by Crippen LogP contribution is 1.71. The summed E-state index contributed by atoms with van der Waals surface area (Å²) in [6.07, 6.45) is -0.917. The van der Waals surface area contributed by atoms with E-state index < -0.39 is 6.36 Å². The summed E-state index contributed by atoms with van der Waals surface area (Å²) in [6.45, 7) is 2.50. The lowest BCUT2D eigenvalue weighted by Gasteiger charge is -1.75. The quantitative estimate of drug-likeness (QED) is 0.486. The van der Waals surface area contributed by atoms with Gasteiger partial charge in [0, 0.05) is 0 Å². The maximum atomic E-state index is 10.6. The van der Waals surface area contributed by atoms with Crippen molar-refractivity contribution in [1.82, 2.24) is 0 Å². The third-order valence-corrected chi connectivity index (χ3v) is 0. The van der Waals surface area contributed by atoms with Gasteiger partial charge in [0.15, 0.2) is 6.36 Å². The SMILES string of the molecule is CC(O)F.CC=O.F. The van der Waals surface area contributed by atoms with E-state index in [0.29, 0.717) is 0 Å². The Kier molecular flexibility index (Phi) is 31.4. The molecule has 0 aromatic rings. The van der Waals surface area contributed by atoms with E-state index in [0.717, 1.165) is 13.2 Å². The molecule has 0 heterocycles. The first kappa shape index (κ1) is 15.6. The third-order valence-electron chi connectivity index (χ3n) is 0. The Labute approximate surface area is 46.7 Å². The van der Waals surface area contributed by atoms with Crippen LogP contribution in [-0.2, 0) is 4.79 Å². The van der Waals surface area contributed by atoms with Crippen LogP contribution in [0, 0.1) is 0 Å². The summed E-state index contributed by atoms with van der Waals surface area (Å²) in [5, 5.41) is 7.39. The van der Waals surface area contributed by atoms with E-state index in [-0.39, 0.29) is 4.70 Å². The molecule has 1 N–H and O–H groups in total. The fraction of sp³-hybridized carbons (Fsp3) is 0.750. The van der Waals surface area contributed by atoms with Gasteiger partial charge in [-0.05, 0) is 13.8 Å². The first-order chi connectivity index (χ1) is 3.15. The number of hydrogen-bond donors (Lipinski definition) is 1. The van der Waals surface area contributed by atoms with Crippen molar-refractivity contribution >= 4 is 6.29 Å². The van der Waals surface area contributed by atoms with Crippen molar-refractivity contribution in [2.45, 2.75) is 20.2 Å². The van der Waals surface area contributed by atoms with E-state index in [1.807, 2.05) is 0 Å². The second-order valence-corrected chi connectivity index (χ2v) is 0.810. The average Bonchev–Trinajstić information content (AvgIpc) is 1.33. The molecule has 0 radical (unpaired) electrons. The summed E-state index contributed by atoms with van der Waals surface area (Å²) < 4.78 is 10.6. The molecule has 0 aromatic heterocycles. The van der Waals surface area contributed by atoms with Crippen LogP contribution < -0.4 is 0 Å². The molecular weight excluding hydrogens is 118 g/mol. The van der Waals surface area contributed by atoms with Gasteiger partial charge in [-0.1, -0.05) is 0 Å².